The molecular weight excluding hydrogens is 499 g/mol. The number of anilines is 1. The molecule has 2 atom stereocenters. The quantitative estimate of drug-likeness (QED) is 0.357. The van der Waals surface area contributed by atoms with E-state index in [9.17, 15) is 9.59 Å². The van der Waals surface area contributed by atoms with Gasteiger partial charge in [0.05, 0.1) is 17.5 Å². The van der Waals surface area contributed by atoms with Crippen molar-refractivity contribution in [3.63, 3.8) is 0 Å². The Labute approximate surface area is 228 Å². The fraction of sp³-hybridized carbons (Fsp3) is 0.400. The average Bonchev–Trinajstić information content (AvgIpc) is 2.92. The van der Waals surface area contributed by atoms with Crippen molar-refractivity contribution in [1.82, 2.24) is 15.3 Å². The largest absolute Gasteiger partial charge is 0.348 e. The Morgan fingerprint density at radius 2 is 1.87 bits per heavy atom. The van der Waals surface area contributed by atoms with Crippen LogP contribution < -0.4 is 10.6 Å². The molecule has 1 saturated carbocycles. The van der Waals surface area contributed by atoms with Gasteiger partial charge in [0.25, 0.3) is 5.91 Å². The molecule has 0 radical (unpaired) electrons. The van der Waals surface area contributed by atoms with Crippen molar-refractivity contribution in [2.24, 2.45) is 5.41 Å². The maximum absolute atomic E-state index is 15.2. The molecule has 0 saturated heterocycles. The van der Waals surface area contributed by atoms with E-state index < -0.39 is 17.1 Å². The minimum atomic E-state index is -0.659. The van der Waals surface area contributed by atoms with Gasteiger partial charge in [0, 0.05) is 28.7 Å². The lowest BCUT2D eigenvalue weighted by atomic mass is 9.86. The van der Waals surface area contributed by atoms with Crippen LogP contribution in [-0.4, -0.2) is 33.3 Å². The zero-order valence-corrected chi connectivity index (χ0v) is 23.2. The van der Waals surface area contributed by atoms with E-state index in [0.717, 1.165) is 30.5 Å². The van der Waals surface area contributed by atoms with Crippen molar-refractivity contribution in [2.45, 2.75) is 64.2 Å². The monoisotopic (exact) mass is 534 g/mol. The normalized spacial score (nSPS) is 17.6. The van der Waals surface area contributed by atoms with Gasteiger partial charge in [-0.05, 0) is 43.2 Å². The lowest BCUT2D eigenvalue weighted by molar-refractivity contribution is -0.123. The number of nitrogens with zero attached hydrogens (tertiary/aromatic N) is 2. The van der Waals surface area contributed by atoms with Crippen LogP contribution in [0.5, 0.6) is 0 Å². The number of hydrogen-bond acceptors (Lipinski definition) is 5. The minimum Gasteiger partial charge on any atom is -0.348 e. The molecule has 1 aromatic heterocycles. The van der Waals surface area contributed by atoms with Crippen molar-refractivity contribution in [3.05, 3.63) is 77.4 Å². The van der Waals surface area contributed by atoms with E-state index in [1.165, 1.54) is 18.6 Å². The molecule has 0 spiro atoms. The number of amides is 2. The van der Waals surface area contributed by atoms with E-state index in [0.29, 0.717) is 23.1 Å². The first-order valence-corrected chi connectivity index (χ1v) is 14.3. The van der Waals surface area contributed by atoms with Crippen LogP contribution in [0.15, 0.2) is 54.7 Å². The van der Waals surface area contributed by atoms with Gasteiger partial charge in [0.15, 0.2) is 5.82 Å². The summed E-state index contributed by atoms with van der Waals surface area (Å²) in [5.74, 6) is -0.824. The molecule has 3 aromatic rings. The second-order valence-corrected chi connectivity index (χ2v) is 11.9. The Kier molecular flexibility index (Phi) is 8.82. The zero-order chi connectivity index (χ0) is 27.3. The third kappa shape index (κ3) is 6.78. The summed E-state index contributed by atoms with van der Waals surface area (Å²) in [6, 6.07) is 13.9. The molecule has 1 aliphatic rings. The smallest absolute Gasteiger partial charge is 0.254 e. The minimum absolute atomic E-state index is 0.0517. The van der Waals surface area contributed by atoms with Crippen LogP contribution in [0.1, 0.15) is 74.0 Å². The molecule has 0 aliphatic heterocycles. The van der Waals surface area contributed by atoms with Crippen LogP contribution in [0.2, 0.25) is 0 Å². The maximum Gasteiger partial charge on any atom is 0.254 e. The van der Waals surface area contributed by atoms with Crippen molar-refractivity contribution >= 4 is 29.4 Å². The molecule has 1 unspecified atom stereocenters. The molecule has 0 bridgehead atoms. The molecule has 2 aromatic carbocycles. The molecule has 38 heavy (non-hydrogen) atoms. The van der Waals surface area contributed by atoms with Gasteiger partial charge in [-0.2, -0.15) is 11.8 Å². The summed E-state index contributed by atoms with van der Waals surface area (Å²) < 4.78 is 15.2. The second-order valence-electron chi connectivity index (χ2n) is 10.8. The Morgan fingerprint density at radius 3 is 2.55 bits per heavy atom. The lowest BCUT2D eigenvalue weighted by Gasteiger charge is -2.28. The first-order chi connectivity index (χ1) is 18.2. The average molecular weight is 535 g/mol. The Morgan fingerprint density at radius 1 is 1.11 bits per heavy atom. The number of carbonyl (C=O) groups excluding carboxylic acids is 2. The molecule has 200 valence electrons. The van der Waals surface area contributed by atoms with E-state index in [1.807, 2.05) is 62.9 Å². The topological polar surface area (TPSA) is 84.0 Å². The molecule has 8 heteroatoms. The highest BCUT2D eigenvalue weighted by molar-refractivity contribution is 7.99. The van der Waals surface area contributed by atoms with Crippen molar-refractivity contribution in [3.8, 4) is 11.3 Å². The lowest BCUT2D eigenvalue weighted by Crippen LogP contribution is -2.28. The molecular formula is C30H35FN4O2S. The Hall–Kier alpha value is -3.26. The van der Waals surface area contributed by atoms with Gasteiger partial charge >= 0.3 is 0 Å². The zero-order valence-electron chi connectivity index (χ0n) is 22.4. The van der Waals surface area contributed by atoms with Crippen LogP contribution >= 0.6 is 11.8 Å². The van der Waals surface area contributed by atoms with Crippen LogP contribution in [-0.2, 0) is 11.3 Å². The van der Waals surface area contributed by atoms with Crippen molar-refractivity contribution in [2.75, 3.05) is 11.6 Å². The Bertz CT molecular complexity index is 1290. The summed E-state index contributed by atoms with van der Waals surface area (Å²) in [6.45, 7) is 5.75. The van der Waals surface area contributed by atoms with Crippen molar-refractivity contribution < 1.29 is 14.0 Å². The first-order valence-electron chi connectivity index (χ1n) is 13.0. The van der Waals surface area contributed by atoms with E-state index in [4.69, 9.17) is 4.98 Å². The predicted molar refractivity (Wildman–Crippen MR) is 152 cm³/mol. The number of hydrogen-bond donors (Lipinski definition) is 2. The van der Waals surface area contributed by atoms with Crippen LogP contribution in [0.4, 0.5) is 10.2 Å². The summed E-state index contributed by atoms with van der Waals surface area (Å²) in [5.41, 5.74) is 1.94. The molecule has 2 N–H and O–H groups in total. The van der Waals surface area contributed by atoms with Gasteiger partial charge in [0.2, 0.25) is 5.91 Å². The van der Waals surface area contributed by atoms with E-state index >= 15 is 4.39 Å². The van der Waals surface area contributed by atoms with Gasteiger partial charge in [-0.25, -0.2) is 14.4 Å². The van der Waals surface area contributed by atoms with Crippen LogP contribution in [0.3, 0.4) is 0 Å². The second kappa shape index (κ2) is 12.1. The summed E-state index contributed by atoms with van der Waals surface area (Å²) in [6.07, 6.45) is 8.21. The summed E-state index contributed by atoms with van der Waals surface area (Å²) in [5, 5.41) is 6.22. The number of benzene rings is 2. The fourth-order valence-corrected chi connectivity index (χ4v) is 5.36. The number of halogens is 1. The van der Waals surface area contributed by atoms with Crippen LogP contribution in [0.25, 0.3) is 11.3 Å². The van der Waals surface area contributed by atoms with Gasteiger partial charge in [0.1, 0.15) is 11.5 Å². The third-order valence-corrected chi connectivity index (χ3v) is 7.96. The number of carbonyl (C=O) groups is 2. The van der Waals surface area contributed by atoms with Gasteiger partial charge in [-0.15, -0.1) is 0 Å². The highest BCUT2D eigenvalue weighted by Crippen LogP contribution is 2.38. The number of aromatic nitrogens is 2. The Balaban J connectivity index is 1.63. The number of nitrogens with one attached hydrogen (secondary N) is 2. The van der Waals surface area contributed by atoms with Gasteiger partial charge < -0.3 is 10.6 Å². The molecule has 4 rings (SSSR count). The SMILES string of the molecule is CS[C@@H]1CCCC(c2cnc(NC(=O)C(C)(C)C)c(-c3ccc(C(=O)NCc4ccccc4)c(F)c3)n2)C1. The van der Waals surface area contributed by atoms with E-state index in [-0.39, 0.29) is 23.2 Å². The molecule has 1 fully saturated rings. The highest BCUT2D eigenvalue weighted by Gasteiger charge is 2.27. The van der Waals surface area contributed by atoms with Gasteiger partial charge in [-0.3, -0.25) is 9.59 Å². The number of thioether (sulfide) groups is 1. The van der Waals surface area contributed by atoms with Crippen molar-refractivity contribution in [1.29, 1.82) is 0 Å². The summed E-state index contributed by atoms with van der Waals surface area (Å²) in [7, 11) is 0. The highest BCUT2D eigenvalue weighted by atomic mass is 32.2. The molecule has 1 heterocycles. The predicted octanol–water partition coefficient (Wildman–Crippen LogP) is 6.59. The van der Waals surface area contributed by atoms with Crippen LogP contribution in [0, 0.1) is 11.2 Å². The third-order valence-electron chi connectivity index (χ3n) is 6.86. The van der Waals surface area contributed by atoms with E-state index in [1.54, 1.807) is 12.3 Å². The summed E-state index contributed by atoms with van der Waals surface area (Å²) >= 11 is 1.88. The summed E-state index contributed by atoms with van der Waals surface area (Å²) in [4.78, 5) is 35.0. The standard InChI is InChI=1S/C30H35FN4O2S/c1-30(2,3)29(37)35-27-26(34-25(18-32-27)20-11-8-12-22(15-20)38-4)21-13-14-23(24(31)16-21)28(36)33-17-19-9-6-5-7-10-19/h5-7,9-10,13-14,16,18,20,22H,8,11-12,15,17H2,1-4H3,(H,33,36)(H,32,35,37)/t20?,22-/m1/s1. The maximum atomic E-state index is 15.2. The van der Waals surface area contributed by atoms with E-state index in [2.05, 4.69) is 21.9 Å². The molecule has 6 nitrogen and oxygen atoms in total. The first kappa shape index (κ1) is 27.8. The van der Waals surface area contributed by atoms with Gasteiger partial charge in [-0.1, -0.05) is 63.6 Å². The number of rotatable bonds is 7. The molecule has 1 aliphatic carbocycles. The molecule has 2 amide bonds. The fourth-order valence-electron chi connectivity index (χ4n) is 4.53.